The van der Waals surface area contributed by atoms with Crippen molar-refractivity contribution in [3.63, 3.8) is 0 Å². The molecule has 18 heavy (non-hydrogen) atoms. The topological polar surface area (TPSA) is 52.0 Å². The van der Waals surface area contributed by atoms with Gasteiger partial charge in [-0.25, -0.2) is 4.98 Å². The summed E-state index contributed by atoms with van der Waals surface area (Å²) in [6, 6.07) is 6.19. The summed E-state index contributed by atoms with van der Waals surface area (Å²) in [7, 11) is 0. The van der Waals surface area contributed by atoms with Gasteiger partial charge in [-0.1, -0.05) is 19.4 Å². The number of hydrogen-bond acceptors (Lipinski definition) is 3. The second kappa shape index (κ2) is 5.85. The average Bonchev–Trinajstić information content (AvgIpc) is 2.74. The van der Waals surface area contributed by atoms with Gasteiger partial charge in [0.05, 0.1) is 4.47 Å². The van der Waals surface area contributed by atoms with Gasteiger partial charge in [0.15, 0.2) is 11.5 Å². The summed E-state index contributed by atoms with van der Waals surface area (Å²) in [5, 5.41) is 0. The SMILES string of the molecule is CC(N)CCCC(C)c1nc2cccc(Br)c2o1. The molecule has 0 fully saturated rings. The zero-order valence-corrected chi connectivity index (χ0v) is 12.4. The lowest BCUT2D eigenvalue weighted by Gasteiger charge is -2.08. The Morgan fingerprint density at radius 2 is 2.11 bits per heavy atom. The minimum absolute atomic E-state index is 0.273. The van der Waals surface area contributed by atoms with E-state index in [-0.39, 0.29) is 6.04 Å². The van der Waals surface area contributed by atoms with Gasteiger partial charge in [-0.2, -0.15) is 0 Å². The van der Waals surface area contributed by atoms with Crippen molar-refractivity contribution < 1.29 is 4.42 Å². The summed E-state index contributed by atoms with van der Waals surface area (Å²) in [5.74, 6) is 1.16. The Kier molecular flexibility index (Phi) is 4.40. The van der Waals surface area contributed by atoms with Crippen molar-refractivity contribution in [2.24, 2.45) is 5.73 Å². The summed E-state index contributed by atoms with van der Waals surface area (Å²) in [6.07, 6.45) is 3.22. The third kappa shape index (κ3) is 3.12. The lowest BCUT2D eigenvalue weighted by atomic mass is 10.0. The molecule has 4 heteroatoms. The van der Waals surface area contributed by atoms with Gasteiger partial charge in [-0.05, 0) is 47.8 Å². The molecule has 0 spiro atoms. The molecule has 3 nitrogen and oxygen atoms in total. The van der Waals surface area contributed by atoms with Crippen molar-refractivity contribution in [1.29, 1.82) is 0 Å². The van der Waals surface area contributed by atoms with E-state index in [0.29, 0.717) is 5.92 Å². The molecule has 0 saturated carbocycles. The van der Waals surface area contributed by atoms with Crippen molar-refractivity contribution in [3.8, 4) is 0 Å². The first-order chi connectivity index (χ1) is 8.58. The molecular weight excluding hydrogens is 292 g/mol. The molecule has 2 rings (SSSR count). The number of hydrogen-bond donors (Lipinski definition) is 1. The summed E-state index contributed by atoms with van der Waals surface area (Å²) < 4.78 is 6.79. The third-order valence-corrected chi connectivity index (χ3v) is 3.73. The molecule has 0 aliphatic rings. The maximum atomic E-state index is 5.83. The smallest absolute Gasteiger partial charge is 0.198 e. The van der Waals surface area contributed by atoms with Crippen LogP contribution in [0.4, 0.5) is 0 Å². The summed E-state index contributed by atoms with van der Waals surface area (Å²) in [6.45, 7) is 4.20. The van der Waals surface area contributed by atoms with E-state index >= 15 is 0 Å². The molecule has 0 aliphatic heterocycles. The van der Waals surface area contributed by atoms with Crippen LogP contribution in [0, 0.1) is 0 Å². The molecular formula is C14H19BrN2O. The number of para-hydroxylation sites is 1. The second-order valence-electron chi connectivity index (χ2n) is 4.95. The van der Waals surface area contributed by atoms with Gasteiger partial charge in [0, 0.05) is 12.0 Å². The molecule has 0 bridgehead atoms. The van der Waals surface area contributed by atoms with E-state index in [2.05, 4.69) is 27.8 Å². The summed E-state index contributed by atoms with van der Waals surface area (Å²) >= 11 is 3.48. The Balaban J connectivity index is 2.08. The van der Waals surface area contributed by atoms with E-state index in [9.17, 15) is 0 Å². The monoisotopic (exact) mass is 310 g/mol. The standard InChI is InChI=1S/C14H19BrN2O/c1-9(5-3-6-10(2)16)14-17-12-8-4-7-11(15)13(12)18-14/h4,7-10H,3,5-6,16H2,1-2H3. The van der Waals surface area contributed by atoms with Crippen LogP contribution in [0.2, 0.25) is 0 Å². The third-order valence-electron chi connectivity index (χ3n) is 3.10. The van der Waals surface area contributed by atoms with Crippen LogP contribution in [0.3, 0.4) is 0 Å². The van der Waals surface area contributed by atoms with Gasteiger partial charge >= 0.3 is 0 Å². The van der Waals surface area contributed by atoms with Crippen LogP contribution in [-0.2, 0) is 0 Å². The first-order valence-electron chi connectivity index (χ1n) is 6.38. The van der Waals surface area contributed by atoms with E-state index in [0.717, 1.165) is 40.7 Å². The molecule has 2 N–H and O–H groups in total. The maximum absolute atomic E-state index is 5.83. The van der Waals surface area contributed by atoms with E-state index in [1.54, 1.807) is 0 Å². The minimum Gasteiger partial charge on any atom is -0.439 e. The van der Waals surface area contributed by atoms with Gasteiger partial charge in [-0.15, -0.1) is 0 Å². The first-order valence-corrected chi connectivity index (χ1v) is 7.17. The predicted octanol–water partition coefficient (Wildman–Crippen LogP) is 4.21. The number of nitrogens with zero attached hydrogens (tertiary/aromatic N) is 1. The van der Waals surface area contributed by atoms with Crippen LogP contribution in [-0.4, -0.2) is 11.0 Å². The van der Waals surface area contributed by atoms with Gasteiger partial charge in [0.1, 0.15) is 5.52 Å². The number of halogens is 1. The quantitative estimate of drug-likeness (QED) is 0.900. The van der Waals surface area contributed by atoms with Crippen LogP contribution in [0.5, 0.6) is 0 Å². The Bertz CT molecular complexity index is 521. The molecule has 0 radical (unpaired) electrons. The van der Waals surface area contributed by atoms with Gasteiger partial charge in [0.2, 0.25) is 0 Å². The maximum Gasteiger partial charge on any atom is 0.198 e. The van der Waals surface area contributed by atoms with E-state index in [1.807, 2.05) is 25.1 Å². The molecule has 2 aromatic rings. The van der Waals surface area contributed by atoms with Crippen LogP contribution >= 0.6 is 15.9 Å². The Morgan fingerprint density at radius 1 is 1.33 bits per heavy atom. The fourth-order valence-corrected chi connectivity index (χ4v) is 2.45. The molecule has 0 amide bonds. The van der Waals surface area contributed by atoms with Crippen LogP contribution in [0.1, 0.15) is 44.9 Å². The Labute approximate surface area is 116 Å². The van der Waals surface area contributed by atoms with Crippen LogP contribution in [0.15, 0.2) is 27.1 Å². The minimum atomic E-state index is 0.273. The number of aromatic nitrogens is 1. The molecule has 1 aromatic heterocycles. The highest BCUT2D eigenvalue weighted by Gasteiger charge is 2.14. The summed E-state index contributed by atoms with van der Waals surface area (Å²) in [4.78, 5) is 4.54. The zero-order valence-electron chi connectivity index (χ0n) is 10.8. The predicted molar refractivity (Wildman–Crippen MR) is 77.6 cm³/mol. The van der Waals surface area contributed by atoms with Crippen molar-refractivity contribution in [1.82, 2.24) is 4.98 Å². The number of oxazole rings is 1. The fourth-order valence-electron chi connectivity index (χ4n) is 2.01. The fraction of sp³-hybridized carbons (Fsp3) is 0.500. The molecule has 0 saturated heterocycles. The first kappa shape index (κ1) is 13.6. The highest BCUT2D eigenvalue weighted by molar-refractivity contribution is 9.10. The van der Waals surface area contributed by atoms with Crippen LogP contribution in [0.25, 0.3) is 11.1 Å². The van der Waals surface area contributed by atoms with Crippen molar-refractivity contribution >= 4 is 27.0 Å². The average molecular weight is 311 g/mol. The lowest BCUT2D eigenvalue weighted by molar-refractivity contribution is 0.451. The molecule has 2 unspecified atom stereocenters. The van der Waals surface area contributed by atoms with Crippen molar-refractivity contribution in [2.75, 3.05) is 0 Å². The van der Waals surface area contributed by atoms with Crippen molar-refractivity contribution in [2.45, 2.75) is 45.1 Å². The lowest BCUT2D eigenvalue weighted by Crippen LogP contribution is -2.14. The highest BCUT2D eigenvalue weighted by Crippen LogP contribution is 2.29. The molecule has 2 atom stereocenters. The number of nitrogens with two attached hydrogens (primary N) is 1. The van der Waals surface area contributed by atoms with E-state index < -0.39 is 0 Å². The molecule has 0 aliphatic carbocycles. The van der Waals surface area contributed by atoms with E-state index in [1.165, 1.54) is 0 Å². The number of fused-ring (bicyclic) bond motifs is 1. The zero-order chi connectivity index (χ0) is 13.1. The van der Waals surface area contributed by atoms with Gasteiger partial charge in [-0.3, -0.25) is 0 Å². The molecule has 1 aromatic carbocycles. The Hall–Kier alpha value is -0.870. The second-order valence-corrected chi connectivity index (χ2v) is 5.80. The molecule has 1 heterocycles. The van der Waals surface area contributed by atoms with Gasteiger partial charge < -0.3 is 10.2 Å². The largest absolute Gasteiger partial charge is 0.439 e. The highest BCUT2D eigenvalue weighted by atomic mass is 79.9. The normalized spacial score (nSPS) is 14.9. The van der Waals surface area contributed by atoms with Crippen LogP contribution < -0.4 is 5.73 Å². The van der Waals surface area contributed by atoms with Gasteiger partial charge in [0.25, 0.3) is 0 Å². The Morgan fingerprint density at radius 3 is 2.78 bits per heavy atom. The number of benzene rings is 1. The number of rotatable bonds is 5. The van der Waals surface area contributed by atoms with E-state index in [4.69, 9.17) is 10.2 Å². The van der Waals surface area contributed by atoms with Crippen molar-refractivity contribution in [3.05, 3.63) is 28.6 Å². The summed E-state index contributed by atoms with van der Waals surface area (Å²) in [5.41, 5.74) is 7.51. The molecule has 98 valence electrons.